The number of hydrogen-bond acceptors (Lipinski definition) is 2. The SMILES string of the molecule is C=C(C)C(=O)OCC(F)(F)C(C)F. The lowest BCUT2D eigenvalue weighted by atomic mass is 10.2. The molecule has 0 aliphatic heterocycles. The second kappa shape index (κ2) is 4.30. The van der Waals surface area contributed by atoms with Gasteiger partial charge in [0.1, 0.15) is 0 Å². The van der Waals surface area contributed by atoms with Crippen molar-refractivity contribution in [3.05, 3.63) is 12.2 Å². The van der Waals surface area contributed by atoms with E-state index in [0.717, 1.165) is 0 Å². The first-order valence-corrected chi connectivity index (χ1v) is 3.62. The monoisotopic (exact) mass is 196 g/mol. The molecule has 0 rings (SSSR count). The van der Waals surface area contributed by atoms with Gasteiger partial charge in [0.2, 0.25) is 0 Å². The van der Waals surface area contributed by atoms with Crippen molar-refractivity contribution in [1.82, 2.24) is 0 Å². The van der Waals surface area contributed by atoms with Crippen molar-refractivity contribution in [2.24, 2.45) is 0 Å². The Morgan fingerprint density at radius 1 is 1.62 bits per heavy atom. The summed E-state index contributed by atoms with van der Waals surface area (Å²) >= 11 is 0. The van der Waals surface area contributed by atoms with Crippen LogP contribution in [0.3, 0.4) is 0 Å². The zero-order valence-corrected chi connectivity index (χ0v) is 7.44. The van der Waals surface area contributed by atoms with E-state index in [1.807, 2.05) is 0 Å². The van der Waals surface area contributed by atoms with Crippen LogP contribution < -0.4 is 0 Å². The molecular formula is C8H11F3O2. The quantitative estimate of drug-likeness (QED) is 0.508. The molecule has 0 bridgehead atoms. The van der Waals surface area contributed by atoms with Crippen LogP contribution in [0.25, 0.3) is 0 Å². The molecule has 1 atom stereocenters. The number of alkyl halides is 3. The summed E-state index contributed by atoms with van der Waals surface area (Å²) in [5, 5.41) is 0. The average molecular weight is 196 g/mol. The van der Waals surface area contributed by atoms with Crippen LogP contribution in [0.4, 0.5) is 13.2 Å². The molecule has 0 fully saturated rings. The van der Waals surface area contributed by atoms with Crippen molar-refractivity contribution in [1.29, 1.82) is 0 Å². The maximum absolute atomic E-state index is 12.5. The van der Waals surface area contributed by atoms with Crippen LogP contribution in [0.2, 0.25) is 0 Å². The van der Waals surface area contributed by atoms with Crippen molar-refractivity contribution in [2.75, 3.05) is 6.61 Å². The second-order valence-electron chi connectivity index (χ2n) is 2.73. The zero-order chi connectivity index (χ0) is 10.6. The van der Waals surface area contributed by atoms with Crippen molar-refractivity contribution in [3.63, 3.8) is 0 Å². The Hall–Kier alpha value is -1.00. The molecule has 2 nitrogen and oxygen atoms in total. The molecule has 76 valence electrons. The highest BCUT2D eigenvalue weighted by Crippen LogP contribution is 2.21. The summed E-state index contributed by atoms with van der Waals surface area (Å²) in [6, 6.07) is 0. The van der Waals surface area contributed by atoms with Crippen LogP contribution in [-0.2, 0) is 9.53 Å². The van der Waals surface area contributed by atoms with E-state index in [9.17, 15) is 18.0 Å². The Kier molecular flexibility index (Phi) is 3.97. The number of hydrogen-bond donors (Lipinski definition) is 0. The summed E-state index contributed by atoms with van der Waals surface area (Å²) < 4.78 is 41.2. The standard InChI is InChI=1S/C8H11F3O2/c1-5(2)7(12)13-4-8(10,11)6(3)9/h6H,1,4H2,2-3H3. The molecule has 0 aromatic carbocycles. The van der Waals surface area contributed by atoms with Gasteiger partial charge in [-0.15, -0.1) is 0 Å². The number of halogens is 3. The van der Waals surface area contributed by atoms with Gasteiger partial charge in [0, 0.05) is 5.57 Å². The fourth-order valence-electron chi connectivity index (χ4n) is 0.400. The van der Waals surface area contributed by atoms with Gasteiger partial charge in [0.05, 0.1) is 0 Å². The van der Waals surface area contributed by atoms with Crippen molar-refractivity contribution in [2.45, 2.75) is 25.9 Å². The first-order valence-electron chi connectivity index (χ1n) is 3.62. The van der Waals surface area contributed by atoms with Gasteiger partial charge >= 0.3 is 11.9 Å². The van der Waals surface area contributed by atoms with Gasteiger partial charge < -0.3 is 4.74 Å². The molecular weight excluding hydrogens is 185 g/mol. The van der Waals surface area contributed by atoms with E-state index >= 15 is 0 Å². The molecule has 0 aliphatic rings. The van der Waals surface area contributed by atoms with Gasteiger partial charge in [-0.3, -0.25) is 0 Å². The van der Waals surface area contributed by atoms with Gasteiger partial charge in [-0.25, -0.2) is 9.18 Å². The number of carbonyl (C=O) groups excluding carboxylic acids is 1. The third-order valence-corrected chi connectivity index (χ3v) is 1.33. The molecule has 0 aromatic rings. The fraction of sp³-hybridized carbons (Fsp3) is 0.625. The summed E-state index contributed by atoms with van der Waals surface area (Å²) in [4.78, 5) is 10.6. The van der Waals surface area contributed by atoms with E-state index in [2.05, 4.69) is 11.3 Å². The Bertz CT molecular complexity index is 211. The molecule has 0 aliphatic carbocycles. The largest absolute Gasteiger partial charge is 0.456 e. The molecule has 0 aromatic heterocycles. The predicted molar refractivity (Wildman–Crippen MR) is 41.3 cm³/mol. The van der Waals surface area contributed by atoms with Gasteiger partial charge in [0.25, 0.3) is 0 Å². The average Bonchev–Trinajstić information content (AvgIpc) is 1.99. The molecule has 0 spiro atoms. The topological polar surface area (TPSA) is 26.3 Å². The van der Waals surface area contributed by atoms with E-state index in [0.29, 0.717) is 6.92 Å². The Morgan fingerprint density at radius 3 is 2.38 bits per heavy atom. The van der Waals surface area contributed by atoms with E-state index in [4.69, 9.17) is 0 Å². The maximum atomic E-state index is 12.5. The predicted octanol–water partition coefficient (Wildman–Crippen LogP) is 2.10. The highest BCUT2D eigenvalue weighted by atomic mass is 19.3. The minimum atomic E-state index is -3.63. The molecule has 0 amide bonds. The minimum absolute atomic E-state index is 0.00214. The Labute approximate surface area is 74.4 Å². The summed E-state index contributed by atoms with van der Waals surface area (Å²) in [6.07, 6.45) is -2.34. The molecule has 0 saturated carbocycles. The zero-order valence-electron chi connectivity index (χ0n) is 7.44. The Balaban J connectivity index is 4.02. The lowest BCUT2D eigenvalue weighted by Gasteiger charge is -2.17. The van der Waals surface area contributed by atoms with Crippen LogP contribution >= 0.6 is 0 Å². The van der Waals surface area contributed by atoms with Gasteiger partial charge in [0.15, 0.2) is 12.8 Å². The molecule has 0 radical (unpaired) electrons. The van der Waals surface area contributed by atoms with E-state index < -0.39 is 24.7 Å². The molecule has 0 saturated heterocycles. The van der Waals surface area contributed by atoms with Crippen LogP contribution in [0.1, 0.15) is 13.8 Å². The third-order valence-electron chi connectivity index (χ3n) is 1.33. The highest BCUT2D eigenvalue weighted by Gasteiger charge is 2.38. The summed E-state index contributed by atoms with van der Waals surface area (Å²) in [7, 11) is 0. The Morgan fingerprint density at radius 2 is 2.08 bits per heavy atom. The van der Waals surface area contributed by atoms with Gasteiger partial charge in [-0.2, -0.15) is 8.78 Å². The summed E-state index contributed by atoms with van der Waals surface area (Å²) in [5.41, 5.74) is 0.00214. The maximum Gasteiger partial charge on any atom is 0.333 e. The highest BCUT2D eigenvalue weighted by molar-refractivity contribution is 5.86. The molecule has 13 heavy (non-hydrogen) atoms. The fourth-order valence-corrected chi connectivity index (χ4v) is 0.400. The first-order chi connectivity index (χ1) is 5.77. The number of ether oxygens (including phenoxy) is 1. The van der Waals surface area contributed by atoms with Gasteiger partial charge in [-0.1, -0.05) is 6.58 Å². The van der Waals surface area contributed by atoms with Crippen LogP contribution in [0.15, 0.2) is 12.2 Å². The number of carbonyl (C=O) groups is 1. The normalized spacial score (nSPS) is 13.6. The van der Waals surface area contributed by atoms with Crippen molar-refractivity contribution < 1.29 is 22.7 Å². The number of esters is 1. The van der Waals surface area contributed by atoms with E-state index in [1.54, 1.807) is 0 Å². The van der Waals surface area contributed by atoms with Crippen molar-refractivity contribution >= 4 is 5.97 Å². The number of rotatable bonds is 4. The minimum Gasteiger partial charge on any atom is -0.456 e. The molecule has 1 unspecified atom stereocenters. The summed E-state index contributed by atoms with van der Waals surface area (Å²) in [6.45, 7) is 3.96. The molecule has 0 heterocycles. The van der Waals surface area contributed by atoms with Crippen LogP contribution in [0, 0.1) is 0 Å². The van der Waals surface area contributed by atoms with Crippen molar-refractivity contribution in [3.8, 4) is 0 Å². The van der Waals surface area contributed by atoms with E-state index in [1.165, 1.54) is 6.92 Å². The molecule has 0 N–H and O–H groups in total. The van der Waals surface area contributed by atoms with Gasteiger partial charge in [-0.05, 0) is 13.8 Å². The molecule has 5 heteroatoms. The summed E-state index contributed by atoms with van der Waals surface area (Å²) in [5.74, 6) is -4.58. The third kappa shape index (κ3) is 3.96. The van der Waals surface area contributed by atoms with Crippen LogP contribution in [0.5, 0.6) is 0 Å². The smallest absolute Gasteiger partial charge is 0.333 e. The van der Waals surface area contributed by atoms with E-state index in [-0.39, 0.29) is 5.57 Å². The second-order valence-corrected chi connectivity index (χ2v) is 2.73. The van der Waals surface area contributed by atoms with Crippen LogP contribution in [-0.4, -0.2) is 24.7 Å². The first kappa shape index (κ1) is 12.0. The lowest BCUT2D eigenvalue weighted by Crippen LogP contribution is -2.34. The lowest BCUT2D eigenvalue weighted by molar-refractivity contribution is -0.158.